The second-order valence-corrected chi connectivity index (χ2v) is 7.10. The normalized spacial score (nSPS) is 14.2. The van der Waals surface area contributed by atoms with E-state index in [-0.39, 0.29) is 23.9 Å². The molecule has 3 rings (SSSR count). The number of carbonyl (C=O) groups is 4. The second-order valence-electron chi connectivity index (χ2n) is 7.10. The summed E-state index contributed by atoms with van der Waals surface area (Å²) in [7, 11) is 1.27. The van der Waals surface area contributed by atoms with Gasteiger partial charge in [-0.2, -0.15) is 0 Å². The summed E-state index contributed by atoms with van der Waals surface area (Å²) in [5.41, 5.74) is 2.32. The molecular formula is C24H23NO5. The van der Waals surface area contributed by atoms with E-state index < -0.39 is 12.0 Å². The van der Waals surface area contributed by atoms with Crippen LogP contribution in [-0.4, -0.2) is 30.6 Å². The zero-order chi connectivity index (χ0) is 21.7. The largest absolute Gasteiger partial charge is 0.467 e. The van der Waals surface area contributed by atoms with E-state index in [1.54, 1.807) is 55.5 Å². The predicted octanol–water partition coefficient (Wildman–Crippen LogP) is 3.58. The van der Waals surface area contributed by atoms with Crippen molar-refractivity contribution in [2.45, 2.75) is 32.2 Å². The molecule has 1 N–H and O–H groups in total. The lowest BCUT2D eigenvalue weighted by Gasteiger charge is -2.19. The first-order chi connectivity index (χ1) is 14.4. The summed E-state index contributed by atoms with van der Waals surface area (Å²) < 4.78 is 4.80. The Morgan fingerprint density at radius 1 is 0.933 bits per heavy atom. The van der Waals surface area contributed by atoms with E-state index in [9.17, 15) is 19.2 Å². The quantitative estimate of drug-likeness (QED) is 0.711. The van der Waals surface area contributed by atoms with Gasteiger partial charge in [0.25, 0.3) is 0 Å². The summed E-state index contributed by atoms with van der Waals surface area (Å²) in [4.78, 5) is 49.8. The van der Waals surface area contributed by atoms with Crippen LogP contribution in [0.15, 0.2) is 65.7 Å². The Bertz CT molecular complexity index is 1020. The monoisotopic (exact) mass is 405 g/mol. The molecule has 0 aromatic heterocycles. The lowest BCUT2D eigenvalue weighted by Crippen LogP contribution is -2.34. The van der Waals surface area contributed by atoms with Crippen LogP contribution in [0.5, 0.6) is 0 Å². The molecule has 1 aliphatic carbocycles. The Balaban J connectivity index is 1.64. The van der Waals surface area contributed by atoms with Crippen molar-refractivity contribution in [1.82, 2.24) is 5.32 Å². The Hall–Kier alpha value is -3.54. The van der Waals surface area contributed by atoms with Crippen molar-refractivity contribution in [3.05, 3.63) is 82.4 Å². The number of esters is 1. The number of nitrogens with one attached hydrogen (secondary N) is 1. The van der Waals surface area contributed by atoms with Gasteiger partial charge >= 0.3 is 5.97 Å². The number of ether oxygens (including phenoxy) is 1. The van der Waals surface area contributed by atoms with Crippen molar-refractivity contribution < 1.29 is 23.9 Å². The summed E-state index contributed by atoms with van der Waals surface area (Å²) in [5, 5.41) is 2.69. The fourth-order valence-corrected chi connectivity index (χ4v) is 3.55. The number of methoxy groups -OCH3 is 1. The molecule has 0 saturated carbocycles. The van der Waals surface area contributed by atoms with Gasteiger partial charge in [0.15, 0.2) is 17.6 Å². The molecule has 0 unspecified atom stereocenters. The van der Waals surface area contributed by atoms with Crippen LogP contribution in [0.2, 0.25) is 0 Å². The van der Waals surface area contributed by atoms with Crippen LogP contribution in [-0.2, 0) is 14.3 Å². The lowest BCUT2D eigenvalue weighted by atomic mass is 9.83. The molecule has 0 radical (unpaired) electrons. The lowest BCUT2D eigenvalue weighted by molar-refractivity contribution is -0.145. The average Bonchev–Trinajstić information content (AvgIpc) is 2.78. The molecule has 1 amide bonds. The zero-order valence-corrected chi connectivity index (χ0v) is 16.9. The fraction of sp³-hybridized carbons (Fsp3) is 0.250. The van der Waals surface area contributed by atoms with Crippen LogP contribution in [0.1, 0.15) is 58.5 Å². The van der Waals surface area contributed by atoms with Gasteiger partial charge in [-0.1, -0.05) is 54.6 Å². The Morgan fingerprint density at radius 2 is 1.53 bits per heavy atom. The molecule has 0 fully saturated rings. The molecule has 0 aliphatic heterocycles. The van der Waals surface area contributed by atoms with Crippen LogP contribution >= 0.6 is 0 Å². The molecule has 1 atom stereocenters. The van der Waals surface area contributed by atoms with E-state index in [1.165, 1.54) is 7.11 Å². The van der Waals surface area contributed by atoms with Gasteiger partial charge in [0.1, 0.15) is 0 Å². The molecule has 0 spiro atoms. The average molecular weight is 405 g/mol. The third kappa shape index (κ3) is 4.38. The predicted molar refractivity (Wildman–Crippen MR) is 111 cm³/mol. The van der Waals surface area contributed by atoms with E-state index in [1.807, 2.05) is 6.07 Å². The minimum Gasteiger partial charge on any atom is -0.467 e. The van der Waals surface area contributed by atoms with Gasteiger partial charge in [-0.25, -0.2) is 4.79 Å². The van der Waals surface area contributed by atoms with E-state index in [4.69, 9.17) is 4.74 Å². The first-order valence-electron chi connectivity index (χ1n) is 9.74. The van der Waals surface area contributed by atoms with Crippen molar-refractivity contribution >= 4 is 23.4 Å². The number of rotatable bonds is 7. The van der Waals surface area contributed by atoms with Gasteiger partial charge in [0, 0.05) is 28.7 Å². The highest BCUT2D eigenvalue weighted by molar-refractivity contribution is 6.26. The van der Waals surface area contributed by atoms with E-state index in [0.717, 1.165) is 0 Å². The van der Waals surface area contributed by atoms with Crippen molar-refractivity contribution in [3.8, 4) is 0 Å². The van der Waals surface area contributed by atoms with Crippen molar-refractivity contribution in [2.75, 3.05) is 7.11 Å². The highest BCUT2D eigenvalue weighted by atomic mass is 16.5. The van der Waals surface area contributed by atoms with Gasteiger partial charge in [0.2, 0.25) is 5.91 Å². The number of Topliss-reactive ketones (excluding diaryl/α,β-unsaturated/α-hetero) is 2. The maximum atomic E-state index is 12.8. The minimum atomic E-state index is -0.894. The Morgan fingerprint density at radius 3 is 2.17 bits per heavy atom. The summed E-state index contributed by atoms with van der Waals surface area (Å²) in [6.45, 7) is 1.65. The zero-order valence-electron chi connectivity index (χ0n) is 16.9. The molecular weight excluding hydrogens is 382 g/mol. The number of fused-ring (bicyclic) bond motifs is 1. The number of hydrogen-bond acceptors (Lipinski definition) is 5. The second kappa shape index (κ2) is 9.31. The highest BCUT2D eigenvalue weighted by Gasteiger charge is 2.29. The van der Waals surface area contributed by atoms with E-state index in [2.05, 4.69) is 5.32 Å². The SMILES string of the molecule is COC(=O)[C@H](NC(=O)CCCC1=C(C)C(=O)c2ccccc2C1=O)c1ccccc1. The maximum absolute atomic E-state index is 12.8. The third-order valence-electron chi connectivity index (χ3n) is 5.19. The van der Waals surface area contributed by atoms with Gasteiger partial charge in [-0.3, -0.25) is 14.4 Å². The smallest absolute Gasteiger partial charge is 0.333 e. The molecule has 30 heavy (non-hydrogen) atoms. The Labute approximate surface area is 174 Å². The number of carbonyl (C=O) groups excluding carboxylic acids is 4. The number of benzene rings is 2. The fourth-order valence-electron chi connectivity index (χ4n) is 3.55. The van der Waals surface area contributed by atoms with Crippen molar-refractivity contribution in [3.63, 3.8) is 0 Å². The third-order valence-corrected chi connectivity index (χ3v) is 5.19. The molecule has 0 heterocycles. The van der Waals surface area contributed by atoms with Crippen LogP contribution in [0, 0.1) is 0 Å². The number of allylic oxidation sites excluding steroid dienone is 2. The summed E-state index contributed by atoms with van der Waals surface area (Å²) in [5.74, 6) is -1.21. The van der Waals surface area contributed by atoms with Crippen LogP contribution in [0.3, 0.4) is 0 Å². The van der Waals surface area contributed by atoms with Crippen molar-refractivity contribution in [2.24, 2.45) is 0 Å². The molecule has 0 bridgehead atoms. The van der Waals surface area contributed by atoms with Gasteiger partial charge in [0.05, 0.1) is 7.11 Å². The molecule has 6 nitrogen and oxygen atoms in total. The first-order valence-corrected chi connectivity index (χ1v) is 9.74. The van der Waals surface area contributed by atoms with Crippen LogP contribution < -0.4 is 5.32 Å². The summed E-state index contributed by atoms with van der Waals surface area (Å²) in [6.07, 6.45) is 0.801. The van der Waals surface area contributed by atoms with E-state index in [0.29, 0.717) is 40.7 Å². The number of ketones is 2. The highest BCUT2D eigenvalue weighted by Crippen LogP contribution is 2.29. The molecule has 154 valence electrons. The van der Waals surface area contributed by atoms with E-state index >= 15 is 0 Å². The molecule has 1 aliphatic rings. The molecule has 2 aromatic rings. The van der Waals surface area contributed by atoms with Gasteiger partial charge in [-0.15, -0.1) is 0 Å². The standard InChI is InChI=1S/C24H23NO5/c1-15-17(23(28)19-12-7-6-11-18(19)22(15)27)13-8-14-20(26)25-21(24(29)30-2)16-9-4-3-5-10-16/h3-7,9-12,21H,8,13-14H2,1-2H3,(H,25,26)/t21-/m1/s1. The van der Waals surface area contributed by atoms with Crippen LogP contribution in [0.4, 0.5) is 0 Å². The first kappa shape index (κ1) is 21.2. The Kier molecular flexibility index (Phi) is 6.57. The molecule has 6 heteroatoms. The van der Waals surface area contributed by atoms with Crippen LogP contribution in [0.25, 0.3) is 0 Å². The van der Waals surface area contributed by atoms with Gasteiger partial charge in [-0.05, 0) is 25.3 Å². The molecule has 0 saturated heterocycles. The minimum absolute atomic E-state index is 0.111. The maximum Gasteiger partial charge on any atom is 0.333 e. The molecule has 2 aromatic carbocycles. The summed E-state index contributed by atoms with van der Waals surface area (Å²) >= 11 is 0. The number of hydrogen-bond donors (Lipinski definition) is 1. The summed E-state index contributed by atoms with van der Waals surface area (Å²) in [6, 6.07) is 14.7. The van der Waals surface area contributed by atoms with Gasteiger partial charge < -0.3 is 10.1 Å². The number of amides is 1. The topological polar surface area (TPSA) is 89.5 Å². The van der Waals surface area contributed by atoms with Crippen molar-refractivity contribution in [1.29, 1.82) is 0 Å².